The van der Waals surface area contributed by atoms with Crippen molar-refractivity contribution in [2.75, 3.05) is 11.9 Å². The minimum atomic E-state index is -0.660. The number of amides is 1. The molecule has 1 aromatic carbocycles. The summed E-state index contributed by atoms with van der Waals surface area (Å²) in [6.45, 7) is 1.93. The summed E-state index contributed by atoms with van der Waals surface area (Å²) >= 11 is 12.0. The van der Waals surface area contributed by atoms with Gasteiger partial charge in [-0.15, -0.1) is 0 Å². The second-order valence-electron chi connectivity index (χ2n) is 3.72. The number of benzene rings is 1. The Kier molecular flexibility index (Phi) is 4.76. The number of anilines is 1. The van der Waals surface area contributed by atoms with Gasteiger partial charge in [0, 0.05) is 5.56 Å². The quantitative estimate of drug-likeness (QED) is 0.869. The van der Waals surface area contributed by atoms with Crippen LogP contribution in [0.5, 0.6) is 0 Å². The van der Waals surface area contributed by atoms with E-state index in [0.717, 1.165) is 5.56 Å². The van der Waals surface area contributed by atoms with Gasteiger partial charge in [0.2, 0.25) is 0 Å². The van der Waals surface area contributed by atoms with E-state index in [9.17, 15) is 4.79 Å². The third kappa shape index (κ3) is 3.37. The lowest BCUT2D eigenvalue weighted by Crippen LogP contribution is -2.15. The van der Waals surface area contributed by atoms with Crippen molar-refractivity contribution in [1.29, 1.82) is 0 Å². The van der Waals surface area contributed by atoms with E-state index in [2.05, 4.69) is 15.3 Å². The Bertz CT molecular complexity index is 597. The fourth-order valence-electron chi connectivity index (χ4n) is 1.50. The largest absolute Gasteiger partial charge is 0.450 e. The number of ether oxygens (including phenoxy) is 1. The Morgan fingerprint density at radius 2 is 1.80 bits per heavy atom. The van der Waals surface area contributed by atoms with Gasteiger partial charge in [-0.05, 0) is 6.92 Å². The minimum absolute atomic E-state index is 0.0527. The van der Waals surface area contributed by atoms with Crippen molar-refractivity contribution in [2.45, 2.75) is 6.92 Å². The molecule has 5 nitrogen and oxygen atoms in total. The number of halogens is 2. The van der Waals surface area contributed by atoms with Crippen LogP contribution in [0.4, 0.5) is 10.5 Å². The maximum atomic E-state index is 11.4. The van der Waals surface area contributed by atoms with Crippen LogP contribution in [0.2, 0.25) is 10.3 Å². The second-order valence-corrected chi connectivity index (χ2v) is 4.43. The highest BCUT2D eigenvalue weighted by molar-refractivity contribution is 6.38. The Morgan fingerprint density at radius 3 is 2.35 bits per heavy atom. The number of carbonyl (C=O) groups excluding carboxylic acids is 1. The van der Waals surface area contributed by atoms with Gasteiger partial charge in [-0.1, -0.05) is 53.5 Å². The molecule has 0 saturated carbocycles. The molecule has 0 aliphatic rings. The van der Waals surface area contributed by atoms with Crippen LogP contribution in [0.15, 0.2) is 30.3 Å². The fourth-order valence-corrected chi connectivity index (χ4v) is 1.98. The van der Waals surface area contributed by atoms with Crippen molar-refractivity contribution < 1.29 is 9.53 Å². The lowest BCUT2D eigenvalue weighted by Gasteiger charge is -2.09. The summed E-state index contributed by atoms with van der Waals surface area (Å²) in [6.07, 6.45) is -0.660. The number of rotatable bonds is 3. The zero-order chi connectivity index (χ0) is 14.5. The normalized spacial score (nSPS) is 10.2. The smallest absolute Gasteiger partial charge is 0.411 e. The van der Waals surface area contributed by atoms with Gasteiger partial charge in [-0.25, -0.2) is 14.8 Å². The van der Waals surface area contributed by atoms with Crippen LogP contribution in [-0.2, 0) is 4.74 Å². The van der Waals surface area contributed by atoms with Crippen molar-refractivity contribution in [3.05, 3.63) is 40.6 Å². The van der Waals surface area contributed by atoms with Crippen molar-refractivity contribution in [2.24, 2.45) is 0 Å². The molecule has 0 unspecified atom stereocenters. The highest BCUT2D eigenvalue weighted by Gasteiger charge is 2.15. The molecule has 1 N–H and O–H groups in total. The van der Waals surface area contributed by atoms with Gasteiger partial charge in [0.05, 0.1) is 6.61 Å². The maximum absolute atomic E-state index is 11.4. The number of nitrogens with one attached hydrogen (secondary N) is 1. The minimum Gasteiger partial charge on any atom is -0.450 e. The molecular formula is C13H11Cl2N3O2. The Balaban J connectivity index is 2.32. The summed E-state index contributed by atoms with van der Waals surface area (Å²) in [7, 11) is 0. The highest BCUT2D eigenvalue weighted by Crippen LogP contribution is 2.30. The van der Waals surface area contributed by atoms with Gasteiger partial charge in [-0.2, -0.15) is 0 Å². The first kappa shape index (κ1) is 14.6. The fraction of sp³-hybridized carbons (Fsp3) is 0.154. The molecule has 0 aliphatic carbocycles. The third-order valence-corrected chi connectivity index (χ3v) is 2.90. The zero-order valence-corrected chi connectivity index (χ0v) is 12.1. The Morgan fingerprint density at radius 1 is 1.20 bits per heavy atom. The van der Waals surface area contributed by atoms with Crippen LogP contribution in [0.25, 0.3) is 11.4 Å². The monoisotopic (exact) mass is 311 g/mol. The molecule has 2 aromatic rings. The molecular weight excluding hydrogens is 301 g/mol. The average molecular weight is 312 g/mol. The highest BCUT2D eigenvalue weighted by atomic mass is 35.5. The van der Waals surface area contributed by atoms with Crippen LogP contribution < -0.4 is 5.32 Å². The van der Waals surface area contributed by atoms with E-state index in [0.29, 0.717) is 5.82 Å². The van der Waals surface area contributed by atoms with E-state index in [1.807, 2.05) is 30.3 Å². The third-order valence-electron chi connectivity index (χ3n) is 2.36. The molecule has 0 saturated heterocycles. The van der Waals surface area contributed by atoms with E-state index in [4.69, 9.17) is 27.9 Å². The molecule has 1 amide bonds. The summed E-state index contributed by atoms with van der Waals surface area (Å²) in [6, 6.07) is 9.25. The van der Waals surface area contributed by atoms with E-state index in [-0.39, 0.29) is 22.6 Å². The number of nitrogens with zero attached hydrogens (tertiary/aromatic N) is 2. The topological polar surface area (TPSA) is 64.1 Å². The van der Waals surface area contributed by atoms with E-state index in [1.165, 1.54) is 0 Å². The molecule has 104 valence electrons. The molecule has 0 aliphatic heterocycles. The number of hydrogen-bond acceptors (Lipinski definition) is 4. The van der Waals surface area contributed by atoms with Gasteiger partial charge < -0.3 is 4.74 Å². The summed E-state index contributed by atoms with van der Waals surface area (Å²) in [4.78, 5) is 19.6. The van der Waals surface area contributed by atoms with Crippen LogP contribution in [0.3, 0.4) is 0 Å². The molecule has 0 radical (unpaired) electrons. The lowest BCUT2D eigenvalue weighted by molar-refractivity contribution is 0.168. The summed E-state index contributed by atoms with van der Waals surface area (Å²) in [5.41, 5.74) is 0.908. The zero-order valence-electron chi connectivity index (χ0n) is 10.6. The summed E-state index contributed by atoms with van der Waals surface area (Å²) in [5.74, 6) is 0.384. The molecule has 7 heteroatoms. The van der Waals surface area contributed by atoms with Crippen molar-refractivity contribution in [3.8, 4) is 11.4 Å². The van der Waals surface area contributed by atoms with Crippen LogP contribution in [0, 0.1) is 0 Å². The maximum Gasteiger partial charge on any atom is 0.411 e. The second kappa shape index (κ2) is 6.54. The SMILES string of the molecule is CCOC(=O)Nc1c(Cl)nc(-c2ccccc2)nc1Cl. The van der Waals surface area contributed by atoms with E-state index < -0.39 is 6.09 Å². The first-order valence-corrected chi connectivity index (χ1v) is 6.59. The van der Waals surface area contributed by atoms with Crippen molar-refractivity contribution in [1.82, 2.24) is 9.97 Å². The predicted molar refractivity (Wildman–Crippen MR) is 78.1 cm³/mol. The van der Waals surface area contributed by atoms with Gasteiger partial charge >= 0.3 is 6.09 Å². The van der Waals surface area contributed by atoms with Gasteiger partial charge in [0.1, 0.15) is 5.69 Å². The predicted octanol–water partition coefficient (Wildman–Crippen LogP) is 4.02. The summed E-state index contributed by atoms with van der Waals surface area (Å²) in [5, 5.41) is 2.51. The standard InChI is InChI=1S/C13H11Cl2N3O2/c1-2-20-13(19)16-9-10(14)17-12(18-11(9)15)8-6-4-3-5-7-8/h3-7H,2H2,1H3,(H,16,19). The number of carbonyl (C=O) groups is 1. The molecule has 0 spiro atoms. The molecule has 1 aromatic heterocycles. The first-order chi connectivity index (χ1) is 9.61. The van der Waals surface area contributed by atoms with Crippen LogP contribution in [-0.4, -0.2) is 22.7 Å². The molecule has 0 bridgehead atoms. The molecule has 0 atom stereocenters. The summed E-state index contributed by atoms with van der Waals surface area (Å²) < 4.78 is 4.75. The molecule has 0 fully saturated rings. The van der Waals surface area contributed by atoms with E-state index >= 15 is 0 Å². The molecule has 1 heterocycles. The Hall–Kier alpha value is -1.85. The number of aromatic nitrogens is 2. The lowest BCUT2D eigenvalue weighted by atomic mass is 10.2. The first-order valence-electron chi connectivity index (χ1n) is 5.84. The van der Waals surface area contributed by atoms with Gasteiger partial charge in [0.15, 0.2) is 16.1 Å². The van der Waals surface area contributed by atoms with Crippen LogP contribution in [0.1, 0.15) is 6.92 Å². The molecule has 20 heavy (non-hydrogen) atoms. The Labute approximate surface area is 125 Å². The number of hydrogen-bond donors (Lipinski definition) is 1. The molecule has 2 rings (SSSR count). The van der Waals surface area contributed by atoms with Crippen molar-refractivity contribution >= 4 is 35.0 Å². The van der Waals surface area contributed by atoms with E-state index in [1.54, 1.807) is 6.92 Å². The van der Waals surface area contributed by atoms with Gasteiger partial charge in [-0.3, -0.25) is 5.32 Å². The average Bonchev–Trinajstić information content (AvgIpc) is 2.44. The van der Waals surface area contributed by atoms with Crippen LogP contribution >= 0.6 is 23.2 Å². The van der Waals surface area contributed by atoms with Crippen molar-refractivity contribution in [3.63, 3.8) is 0 Å². The van der Waals surface area contributed by atoms with Gasteiger partial charge in [0.25, 0.3) is 0 Å².